The number of nitrogens with zero attached hydrogens (tertiary/aromatic N) is 6. The molecule has 2 heterocycles. The number of aromatic nitrogens is 4. The number of aryl methyl sites for hydroxylation is 2. The highest BCUT2D eigenvalue weighted by atomic mass is 16.6. The van der Waals surface area contributed by atoms with Crippen LogP contribution >= 0.6 is 0 Å². The van der Waals surface area contributed by atoms with Crippen LogP contribution in [-0.2, 0) is 17.9 Å². The molecule has 12 nitrogen and oxygen atoms in total. The van der Waals surface area contributed by atoms with Crippen LogP contribution in [0.25, 0.3) is 0 Å². The molecule has 0 spiro atoms. The van der Waals surface area contributed by atoms with Crippen molar-refractivity contribution in [2.75, 3.05) is 6.54 Å². The standard InChI is InChI=1S/C13H17N7O5/c1-9-13(20(24)25)10(2)18(16-9)6-4-14-12(21)3-5-17-8-11(7-15-17)19(22)23/h7-8H,3-6H2,1-2H3,(H,14,21). The van der Waals surface area contributed by atoms with Crippen LogP contribution in [0.5, 0.6) is 0 Å². The van der Waals surface area contributed by atoms with Crippen LogP contribution in [0, 0.1) is 34.1 Å². The second-order valence-corrected chi connectivity index (χ2v) is 5.32. The summed E-state index contributed by atoms with van der Waals surface area (Å²) in [5, 5.41) is 32.0. The number of rotatable bonds is 8. The van der Waals surface area contributed by atoms with Gasteiger partial charge in [-0.2, -0.15) is 10.2 Å². The second kappa shape index (κ2) is 7.51. The van der Waals surface area contributed by atoms with Crippen LogP contribution in [0.4, 0.5) is 11.4 Å². The average molecular weight is 351 g/mol. The Labute approximate surface area is 141 Å². The quantitative estimate of drug-likeness (QED) is 0.543. The van der Waals surface area contributed by atoms with Crippen LogP contribution in [-0.4, -0.2) is 41.9 Å². The molecular weight excluding hydrogens is 334 g/mol. The number of hydrogen-bond acceptors (Lipinski definition) is 7. The van der Waals surface area contributed by atoms with E-state index in [0.717, 1.165) is 6.20 Å². The summed E-state index contributed by atoms with van der Waals surface area (Å²) < 4.78 is 2.80. The maximum Gasteiger partial charge on any atom is 0.312 e. The van der Waals surface area contributed by atoms with Gasteiger partial charge in [-0.1, -0.05) is 0 Å². The van der Waals surface area contributed by atoms with Gasteiger partial charge in [0.25, 0.3) is 0 Å². The summed E-state index contributed by atoms with van der Waals surface area (Å²) >= 11 is 0. The minimum Gasteiger partial charge on any atom is -0.354 e. The Balaban J connectivity index is 1.79. The van der Waals surface area contributed by atoms with Crippen molar-refractivity contribution in [2.45, 2.75) is 33.4 Å². The molecule has 134 valence electrons. The van der Waals surface area contributed by atoms with Crippen LogP contribution < -0.4 is 5.32 Å². The van der Waals surface area contributed by atoms with E-state index in [4.69, 9.17) is 0 Å². The number of carbonyl (C=O) groups excluding carboxylic acids is 1. The molecule has 0 aliphatic carbocycles. The number of nitro groups is 2. The molecule has 1 amide bonds. The lowest BCUT2D eigenvalue weighted by Crippen LogP contribution is -2.28. The molecule has 0 aliphatic heterocycles. The fraction of sp³-hybridized carbons (Fsp3) is 0.462. The van der Waals surface area contributed by atoms with Crippen molar-refractivity contribution in [3.05, 3.63) is 44.0 Å². The number of amides is 1. The summed E-state index contributed by atoms with van der Waals surface area (Å²) in [5.41, 5.74) is 0.604. The Hall–Kier alpha value is -3.31. The van der Waals surface area contributed by atoms with Crippen molar-refractivity contribution in [2.24, 2.45) is 0 Å². The van der Waals surface area contributed by atoms with Crippen molar-refractivity contribution in [1.82, 2.24) is 24.9 Å². The van der Waals surface area contributed by atoms with Crippen molar-refractivity contribution in [3.8, 4) is 0 Å². The van der Waals surface area contributed by atoms with Gasteiger partial charge in [-0.25, -0.2) is 0 Å². The molecule has 0 aliphatic rings. The summed E-state index contributed by atoms with van der Waals surface area (Å²) in [5.74, 6) is -0.255. The fourth-order valence-corrected chi connectivity index (χ4v) is 2.34. The van der Waals surface area contributed by atoms with E-state index in [1.165, 1.54) is 15.6 Å². The van der Waals surface area contributed by atoms with Gasteiger partial charge in [0.2, 0.25) is 5.91 Å². The lowest BCUT2D eigenvalue weighted by Gasteiger charge is -2.06. The van der Waals surface area contributed by atoms with Gasteiger partial charge >= 0.3 is 11.4 Å². The highest BCUT2D eigenvalue weighted by Crippen LogP contribution is 2.21. The number of hydrogen-bond donors (Lipinski definition) is 1. The van der Waals surface area contributed by atoms with E-state index in [-0.39, 0.29) is 36.8 Å². The lowest BCUT2D eigenvalue weighted by molar-refractivity contribution is -0.386. The van der Waals surface area contributed by atoms with Crippen LogP contribution in [0.2, 0.25) is 0 Å². The Morgan fingerprint density at radius 1 is 1.24 bits per heavy atom. The fourth-order valence-electron chi connectivity index (χ4n) is 2.34. The van der Waals surface area contributed by atoms with Gasteiger partial charge in [0, 0.05) is 19.5 Å². The Kier molecular flexibility index (Phi) is 5.41. The SMILES string of the molecule is Cc1nn(CCNC(=O)CCn2cc([N+](=O)[O-])cn2)c(C)c1[N+](=O)[O-]. The molecule has 0 atom stereocenters. The minimum absolute atomic E-state index is 0.0217. The van der Waals surface area contributed by atoms with E-state index >= 15 is 0 Å². The Bertz CT molecular complexity index is 810. The van der Waals surface area contributed by atoms with Gasteiger partial charge in [0.15, 0.2) is 0 Å². The summed E-state index contributed by atoms with van der Waals surface area (Å²) in [4.78, 5) is 32.2. The molecule has 0 aromatic carbocycles. The van der Waals surface area contributed by atoms with E-state index in [1.54, 1.807) is 13.8 Å². The third-order valence-electron chi connectivity index (χ3n) is 3.57. The van der Waals surface area contributed by atoms with E-state index in [1.807, 2.05) is 0 Å². The summed E-state index contributed by atoms with van der Waals surface area (Å²) in [6.45, 7) is 3.94. The van der Waals surface area contributed by atoms with Gasteiger partial charge < -0.3 is 5.32 Å². The molecule has 0 bridgehead atoms. The van der Waals surface area contributed by atoms with Crippen molar-refractivity contribution in [3.63, 3.8) is 0 Å². The topological polar surface area (TPSA) is 151 Å². The molecule has 0 fully saturated rings. The molecule has 0 unspecified atom stereocenters. The van der Waals surface area contributed by atoms with Gasteiger partial charge in [-0.15, -0.1) is 0 Å². The molecule has 0 saturated carbocycles. The zero-order valence-corrected chi connectivity index (χ0v) is 13.7. The predicted molar refractivity (Wildman–Crippen MR) is 84.9 cm³/mol. The molecule has 12 heteroatoms. The first-order valence-electron chi connectivity index (χ1n) is 7.41. The van der Waals surface area contributed by atoms with Crippen LogP contribution in [0.15, 0.2) is 12.4 Å². The highest BCUT2D eigenvalue weighted by molar-refractivity contribution is 5.75. The minimum atomic E-state index is -0.558. The highest BCUT2D eigenvalue weighted by Gasteiger charge is 2.21. The monoisotopic (exact) mass is 351 g/mol. The molecular formula is C13H17N7O5. The molecule has 0 saturated heterocycles. The van der Waals surface area contributed by atoms with E-state index in [0.29, 0.717) is 17.9 Å². The lowest BCUT2D eigenvalue weighted by atomic mass is 10.3. The number of nitrogens with one attached hydrogen (secondary N) is 1. The Morgan fingerprint density at radius 3 is 2.52 bits per heavy atom. The van der Waals surface area contributed by atoms with Gasteiger partial charge in [0.1, 0.15) is 23.8 Å². The molecule has 25 heavy (non-hydrogen) atoms. The third-order valence-corrected chi connectivity index (χ3v) is 3.57. The zero-order chi connectivity index (χ0) is 18.6. The van der Waals surface area contributed by atoms with Crippen LogP contribution in [0.1, 0.15) is 17.8 Å². The molecule has 1 N–H and O–H groups in total. The van der Waals surface area contributed by atoms with Crippen molar-refractivity contribution < 1.29 is 14.6 Å². The average Bonchev–Trinajstić information content (AvgIpc) is 3.10. The van der Waals surface area contributed by atoms with Gasteiger partial charge in [-0.05, 0) is 13.8 Å². The first kappa shape index (κ1) is 18.0. The van der Waals surface area contributed by atoms with Crippen molar-refractivity contribution in [1.29, 1.82) is 0 Å². The first-order chi connectivity index (χ1) is 11.8. The van der Waals surface area contributed by atoms with Crippen LogP contribution in [0.3, 0.4) is 0 Å². The number of carbonyl (C=O) groups is 1. The second-order valence-electron chi connectivity index (χ2n) is 5.32. The Morgan fingerprint density at radius 2 is 1.96 bits per heavy atom. The predicted octanol–water partition coefficient (Wildman–Crippen LogP) is 0.719. The molecule has 2 rings (SSSR count). The summed E-state index contributed by atoms with van der Waals surface area (Å²) in [6, 6.07) is 0. The molecule has 2 aromatic rings. The largest absolute Gasteiger partial charge is 0.354 e. The normalized spacial score (nSPS) is 10.6. The third kappa shape index (κ3) is 4.37. The van der Waals surface area contributed by atoms with Crippen molar-refractivity contribution >= 4 is 17.3 Å². The summed E-state index contributed by atoms with van der Waals surface area (Å²) in [6.07, 6.45) is 2.48. The van der Waals surface area contributed by atoms with Gasteiger partial charge in [0.05, 0.1) is 16.4 Å². The van der Waals surface area contributed by atoms with E-state index in [2.05, 4.69) is 15.5 Å². The van der Waals surface area contributed by atoms with Gasteiger partial charge in [-0.3, -0.25) is 34.4 Å². The zero-order valence-electron chi connectivity index (χ0n) is 13.7. The first-order valence-corrected chi connectivity index (χ1v) is 7.41. The van der Waals surface area contributed by atoms with E-state index < -0.39 is 9.85 Å². The smallest absolute Gasteiger partial charge is 0.312 e. The van der Waals surface area contributed by atoms with E-state index in [9.17, 15) is 25.0 Å². The maximum atomic E-state index is 11.8. The molecule has 2 aromatic heterocycles. The summed E-state index contributed by atoms with van der Waals surface area (Å²) in [7, 11) is 0. The molecule has 0 radical (unpaired) electrons. The maximum absolute atomic E-state index is 11.8.